The molecule has 0 bridgehead atoms. The van der Waals surface area contributed by atoms with Crippen molar-refractivity contribution in [2.75, 3.05) is 13.7 Å². The maximum Gasteiger partial charge on any atom is 0.161 e. The lowest BCUT2D eigenvalue weighted by Gasteiger charge is -2.26. The smallest absolute Gasteiger partial charge is 0.161 e. The van der Waals surface area contributed by atoms with Crippen LogP contribution in [0.5, 0.6) is 11.5 Å². The van der Waals surface area contributed by atoms with E-state index in [9.17, 15) is 5.11 Å². The average molecular weight is 267 g/mol. The van der Waals surface area contributed by atoms with Gasteiger partial charge in [0.1, 0.15) is 0 Å². The van der Waals surface area contributed by atoms with Crippen molar-refractivity contribution >= 4 is 0 Å². The molecule has 108 valence electrons. The second-order valence-electron chi connectivity index (χ2n) is 5.28. The van der Waals surface area contributed by atoms with E-state index in [1.165, 1.54) is 5.56 Å². The zero-order valence-electron chi connectivity index (χ0n) is 12.3. The van der Waals surface area contributed by atoms with Crippen LogP contribution in [0.3, 0.4) is 0 Å². The van der Waals surface area contributed by atoms with Crippen LogP contribution >= 0.6 is 0 Å². The normalized spacial score (nSPS) is 15.7. The van der Waals surface area contributed by atoms with Crippen molar-refractivity contribution in [2.24, 2.45) is 5.73 Å². The molecule has 2 unspecified atom stereocenters. The van der Waals surface area contributed by atoms with Gasteiger partial charge in [-0.05, 0) is 38.0 Å². The molecular formula is C15H25NO3. The molecule has 0 saturated heterocycles. The van der Waals surface area contributed by atoms with E-state index in [2.05, 4.69) is 6.92 Å². The highest BCUT2D eigenvalue weighted by atomic mass is 16.5. The molecule has 0 spiro atoms. The van der Waals surface area contributed by atoms with E-state index >= 15 is 0 Å². The van der Waals surface area contributed by atoms with E-state index < -0.39 is 5.54 Å². The lowest BCUT2D eigenvalue weighted by Crippen LogP contribution is -2.43. The predicted octanol–water partition coefficient (Wildman–Crippen LogP) is 2.12. The largest absolute Gasteiger partial charge is 0.493 e. The van der Waals surface area contributed by atoms with Gasteiger partial charge in [0.2, 0.25) is 0 Å². The monoisotopic (exact) mass is 267 g/mol. The van der Waals surface area contributed by atoms with Gasteiger partial charge in [0.25, 0.3) is 0 Å². The quantitative estimate of drug-likeness (QED) is 0.794. The van der Waals surface area contributed by atoms with Crippen molar-refractivity contribution in [3.8, 4) is 11.5 Å². The van der Waals surface area contributed by atoms with Crippen LogP contribution in [0.15, 0.2) is 18.2 Å². The third kappa shape index (κ3) is 4.73. The Balaban J connectivity index is 2.76. The van der Waals surface area contributed by atoms with Crippen molar-refractivity contribution in [1.29, 1.82) is 0 Å². The molecule has 0 aromatic heterocycles. The first-order valence-corrected chi connectivity index (χ1v) is 6.65. The van der Waals surface area contributed by atoms with Crippen molar-refractivity contribution < 1.29 is 14.6 Å². The van der Waals surface area contributed by atoms with Crippen LogP contribution in [0.25, 0.3) is 0 Å². The zero-order chi connectivity index (χ0) is 14.5. The molecule has 0 aliphatic heterocycles. The van der Waals surface area contributed by atoms with Crippen molar-refractivity contribution in [1.82, 2.24) is 0 Å². The van der Waals surface area contributed by atoms with Gasteiger partial charge in [-0.25, -0.2) is 0 Å². The second-order valence-corrected chi connectivity index (χ2v) is 5.28. The molecule has 1 aromatic carbocycles. The van der Waals surface area contributed by atoms with Gasteiger partial charge in [-0.15, -0.1) is 0 Å². The van der Waals surface area contributed by atoms with Crippen LogP contribution in [0.4, 0.5) is 0 Å². The number of hydrogen-bond acceptors (Lipinski definition) is 4. The molecule has 0 saturated carbocycles. The standard InChI is InChI=1S/C15H25NO3/c1-5-12-6-7-13(14(8-12)18-4)19-11(2)9-15(3,16)10-17/h6-8,11,17H,5,9-10,16H2,1-4H3. The van der Waals surface area contributed by atoms with E-state index in [4.69, 9.17) is 15.2 Å². The number of ether oxygens (including phenoxy) is 2. The molecule has 1 aromatic rings. The third-order valence-electron chi connectivity index (χ3n) is 3.08. The maximum absolute atomic E-state index is 9.17. The Morgan fingerprint density at radius 3 is 2.58 bits per heavy atom. The van der Waals surface area contributed by atoms with E-state index in [-0.39, 0.29) is 12.7 Å². The Hall–Kier alpha value is -1.26. The summed E-state index contributed by atoms with van der Waals surface area (Å²) in [7, 11) is 1.63. The fourth-order valence-corrected chi connectivity index (χ4v) is 2.01. The highest BCUT2D eigenvalue weighted by Crippen LogP contribution is 2.30. The van der Waals surface area contributed by atoms with E-state index in [1.807, 2.05) is 32.0 Å². The second kappa shape index (κ2) is 6.78. The number of hydrogen-bond donors (Lipinski definition) is 2. The van der Waals surface area contributed by atoms with E-state index in [1.54, 1.807) is 7.11 Å². The molecule has 4 nitrogen and oxygen atoms in total. The molecule has 0 heterocycles. The third-order valence-corrected chi connectivity index (χ3v) is 3.08. The van der Waals surface area contributed by atoms with Gasteiger partial charge in [-0.3, -0.25) is 0 Å². The van der Waals surface area contributed by atoms with Crippen LogP contribution in [-0.2, 0) is 6.42 Å². The van der Waals surface area contributed by atoms with Crippen LogP contribution < -0.4 is 15.2 Å². The highest BCUT2D eigenvalue weighted by molar-refractivity contribution is 5.43. The topological polar surface area (TPSA) is 64.7 Å². The summed E-state index contributed by atoms with van der Waals surface area (Å²) in [6.07, 6.45) is 1.43. The number of aliphatic hydroxyl groups excluding tert-OH is 1. The number of aryl methyl sites for hydroxylation is 1. The van der Waals surface area contributed by atoms with Gasteiger partial charge >= 0.3 is 0 Å². The Morgan fingerprint density at radius 1 is 1.37 bits per heavy atom. The Bertz CT molecular complexity index is 404. The fraction of sp³-hybridized carbons (Fsp3) is 0.600. The van der Waals surface area contributed by atoms with Crippen molar-refractivity contribution in [3.63, 3.8) is 0 Å². The number of aliphatic hydroxyl groups is 1. The molecular weight excluding hydrogens is 242 g/mol. The number of methoxy groups -OCH3 is 1. The van der Waals surface area contributed by atoms with Crippen LogP contribution in [-0.4, -0.2) is 30.5 Å². The molecule has 0 aliphatic rings. The number of nitrogens with two attached hydrogens (primary N) is 1. The molecule has 0 amide bonds. The molecule has 19 heavy (non-hydrogen) atoms. The minimum Gasteiger partial charge on any atom is -0.493 e. The first kappa shape index (κ1) is 15.8. The fourth-order valence-electron chi connectivity index (χ4n) is 2.01. The average Bonchev–Trinajstić information content (AvgIpc) is 2.38. The maximum atomic E-state index is 9.17. The summed E-state index contributed by atoms with van der Waals surface area (Å²) in [5.74, 6) is 1.44. The van der Waals surface area contributed by atoms with Gasteiger partial charge in [-0.2, -0.15) is 0 Å². The molecule has 0 aliphatic carbocycles. The highest BCUT2D eigenvalue weighted by Gasteiger charge is 2.22. The minimum absolute atomic E-state index is 0.0629. The summed E-state index contributed by atoms with van der Waals surface area (Å²) in [4.78, 5) is 0. The van der Waals surface area contributed by atoms with Crippen LogP contribution in [0.1, 0.15) is 32.8 Å². The zero-order valence-corrected chi connectivity index (χ0v) is 12.3. The molecule has 0 radical (unpaired) electrons. The summed E-state index contributed by atoms with van der Waals surface area (Å²) in [5.41, 5.74) is 6.50. The predicted molar refractivity (Wildman–Crippen MR) is 76.8 cm³/mol. The van der Waals surface area contributed by atoms with E-state index in [0.717, 1.165) is 12.2 Å². The Kier molecular flexibility index (Phi) is 5.63. The molecule has 3 N–H and O–H groups in total. The van der Waals surface area contributed by atoms with Crippen molar-refractivity contribution in [2.45, 2.75) is 45.3 Å². The van der Waals surface area contributed by atoms with Crippen LogP contribution in [0.2, 0.25) is 0 Å². The van der Waals surface area contributed by atoms with Crippen molar-refractivity contribution in [3.05, 3.63) is 23.8 Å². The molecule has 1 rings (SSSR count). The van der Waals surface area contributed by atoms with Crippen LogP contribution in [0, 0.1) is 0 Å². The van der Waals surface area contributed by atoms with Gasteiger partial charge in [0.15, 0.2) is 11.5 Å². The van der Waals surface area contributed by atoms with Gasteiger partial charge in [-0.1, -0.05) is 13.0 Å². The van der Waals surface area contributed by atoms with Gasteiger partial charge < -0.3 is 20.3 Å². The first-order valence-electron chi connectivity index (χ1n) is 6.65. The summed E-state index contributed by atoms with van der Waals surface area (Å²) < 4.78 is 11.2. The number of benzene rings is 1. The minimum atomic E-state index is -0.629. The molecule has 0 fully saturated rings. The van der Waals surface area contributed by atoms with E-state index in [0.29, 0.717) is 12.2 Å². The Labute approximate surface area is 115 Å². The molecule has 2 atom stereocenters. The lowest BCUT2D eigenvalue weighted by molar-refractivity contribution is 0.131. The summed E-state index contributed by atoms with van der Waals surface area (Å²) >= 11 is 0. The van der Waals surface area contributed by atoms with Gasteiger partial charge in [0, 0.05) is 12.0 Å². The lowest BCUT2D eigenvalue weighted by atomic mass is 9.97. The summed E-state index contributed by atoms with van der Waals surface area (Å²) in [6.45, 7) is 5.78. The Morgan fingerprint density at radius 2 is 2.05 bits per heavy atom. The first-order chi connectivity index (χ1) is 8.91. The SMILES string of the molecule is CCc1ccc(OC(C)CC(C)(N)CO)c(OC)c1. The number of rotatable bonds is 7. The summed E-state index contributed by atoms with van der Waals surface area (Å²) in [5, 5.41) is 9.17. The molecule has 4 heteroatoms. The summed E-state index contributed by atoms with van der Waals surface area (Å²) in [6, 6.07) is 5.93. The van der Waals surface area contributed by atoms with Gasteiger partial charge in [0.05, 0.1) is 19.8 Å².